The number of carbonyl (C=O) groups excluding carboxylic acids is 1. The van der Waals surface area contributed by atoms with Gasteiger partial charge in [0, 0.05) is 6.92 Å². The number of halogens is 3. The number of ether oxygens (including phenoxy) is 1. The van der Waals surface area contributed by atoms with E-state index in [-0.39, 0.29) is 12.7 Å². The normalized spacial score (nSPS) is 12.8. The molecule has 0 rings (SSSR count). The maximum atomic E-state index is 12.3. The quantitative estimate of drug-likeness (QED) is 0.532. The van der Waals surface area contributed by atoms with Crippen molar-refractivity contribution in [3.63, 3.8) is 0 Å². The van der Waals surface area contributed by atoms with E-state index < -0.39 is 19.8 Å². The maximum absolute atomic E-state index is 12.3. The van der Waals surface area contributed by atoms with Gasteiger partial charge in [0.05, 0.1) is 6.61 Å². The Kier molecular flexibility index (Phi) is 3.96. The van der Waals surface area contributed by atoms with E-state index in [2.05, 4.69) is 4.74 Å². The smallest absolute Gasteiger partial charge is 0.361 e. The second-order valence-corrected chi connectivity index (χ2v) is 8.31. The molecule has 0 spiro atoms. The Morgan fingerprint density at radius 2 is 1.85 bits per heavy atom. The molecule has 0 aliphatic rings. The molecule has 0 heterocycles. The van der Waals surface area contributed by atoms with Gasteiger partial charge >= 0.3 is 11.8 Å². The largest absolute Gasteiger partial charge is 0.466 e. The molecule has 0 amide bonds. The van der Waals surface area contributed by atoms with E-state index >= 15 is 0 Å². The lowest BCUT2D eigenvalue weighted by Gasteiger charge is -2.24. The molecular weight excluding hydrogens is 201 g/mol. The van der Waals surface area contributed by atoms with Gasteiger partial charge in [-0.2, -0.15) is 13.2 Å². The highest BCUT2D eigenvalue weighted by molar-refractivity contribution is 6.79. The lowest BCUT2D eigenvalue weighted by atomic mass is 10.8. The molecule has 78 valence electrons. The Balaban J connectivity index is 3.97. The summed E-state index contributed by atoms with van der Waals surface area (Å²) in [4.78, 5) is 10.3. The minimum absolute atomic E-state index is 0.0733. The molecule has 0 aromatic heterocycles. The van der Waals surface area contributed by atoms with Gasteiger partial charge in [-0.05, 0) is 6.04 Å². The Morgan fingerprint density at radius 1 is 1.38 bits per heavy atom. The molecule has 0 unspecified atom stereocenters. The topological polar surface area (TPSA) is 26.3 Å². The second kappa shape index (κ2) is 4.12. The Morgan fingerprint density at radius 3 is 2.15 bits per heavy atom. The van der Waals surface area contributed by atoms with Crippen molar-refractivity contribution in [3.05, 3.63) is 0 Å². The van der Waals surface area contributed by atoms with Crippen LogP contribution in [0.1, 0.15) is 6.92 Å². The first-order valence-corrected chi connectivity index (χ1v) is 7.07. The van der Waals surface area contributed by atoms with Crippen LogP contribution in [0.4, 0.5) is 13.2 Å². The maximum Gasteiger partial charge on any atom is 0.361 e. The average molecular weight is 214 g/mol. The van der Waals surface area contributed by atoms with Gasteiger partial charge in [-0.15, -0.1) is 0 Å². The van der Waals surface area contributed by atoms with Crippen LogP contribution in [0.2, 0.25) is 19.1 Å². The van der Waals surface area contributed by atoms with Crippen LogP contribution in [-0.2, 0) is 9.53 Å². The van der Waals surface area contributed by atoms with E-state index in [0.717, 1.165) is 0 Å². The third kappa shape index (κ3) is 4.30. The van der Waals surface area contributed by atoms with Crippen molar-refractivity contribution in [1.82, 2.24) is 0 Å². The average Bonchev–Trinajstić information content (AvgIpc) is 1.82. The van der Waals surface area contributed by atoms with E-state index in [0.29, 0.717) is 0 Å². The predicted octanol–water partition coefficient (Wildman–Crippen LogP) is 2.36. The zero-order valence-corrected chi connectivity index (χ0v) is 8.86. The SMILES string of the molecule is CC(=O)OCC[Si](C)(C)C(F)(F)F. The molecule has 6 heteroatoms. The fourth-order valence-electron chi connectivity index (χ4n) is 0.592. The van der Waals surface area contributed by atoms with E-state index in [1.54, 1.807) is 0 Å². The summed E-state index contributed by atoms with van der Waals surface area (Å²) in [6, 6.07) is -0.0733. The molecule has 0 bridgehead atoms. The fourth-order valence-corrected chi connectivity index (χ4v) is 1.49. The summed E-state index contributed by atoms with van der Waals surface area (Å²) < 4.78 is 41.3. The number of rotatable bonds is 3. The van der Waals surface area contributed by atoms with E-state index in [1.165, 1.54) is 20.0 Å². The number of alkyl halides is 3. The lowest BCUT2D eigenvalue weighted by molar-refractivity contribution is -0.140. The van der Waals surface area contributed by atoms with Crippen LogP contribution >= 0.6 is 0 Å². The van der Waals surface area contributed by atoms with Crippen molar-refractivity contribution in [2.45, 2.75) is 31.9 Å². The van der Waals surface area contributed by atoms with Gasteiger partial charge in [0.25, 0.3) is 0 Å². The highest BCUT2D eigenvalue weighted by Gasteiger charge is 2.48. The molecular formula is C7H13F3O2Si. The molecule has 0 aromatic carbocycles. The van der Waals surface area contributed by atoms with Crippen molar-refractivity contribution in [2.24, 2.45) is 0 Å². The molecule has 0 atom stereocenters. The van der Waals surface area contributed by atoms with Crippen LogP contribution < -0.4 is 0 Å². The number of esters is 1. The second-order valence-electron chi connectivity index (χ2n) is 3.47. The molecule has 2 nitrogen and oxygen atoms in total. The summed E-state index contributed by atoms with van der Waals surface area (Å²) in [6.07, 6.45) is 0. The van der Waals surface area contributed by atoms with Crippen molar-refractivity contribution in [3.8, 4) is 0 Å². The highest BCUT2D eigenvalue weighted by Crippen LogP contribution is 2.31. The van der Waals surface area contributed by atoms with E-state index in [1.807, 2.05) is 0 Å². The third-order valence-electron chi connectivity index (χ3n) is 1.80. The monoisotopic (exact) mass is 214 g/mol. The van der Waals surface area contributed by atoms with Gasteiger partial charge in [-0.3, -0.25) is 4.79 Å². The van der Waals surface area contributed by atoms with Crippen molar-refractivity contribution in [1.29, 1.82) is 0 Å². The first-order chi connectivity index (χ1) is 5.67. The van der Waals surface area contributed by atoms with Crippen LogP contribution in [-0.4, -0.2) is 26.4 Å². The predicted molar refractivity (Wildman–Crippen MR) is 45.0 cm³/mol. The summed E-state index contributed by atoms with van der Waals surface area (Å²) in [5.74, 6) is -4.65. The fraction of sp³-hybridized carbons (Fsp3) is 0.857. The number of hydrogen-bond acceptors (Lipinski definition) is 2. The van der Waals surface area contributed by atoms with Gasteiger partial charge in [0.1, 0.15) is 0 Å². The zero-order valence-electron chi connectivity index (χ0n) is 7.86. The summed E-state index contributed by atoms with van der Waals surface area (Å²) >= 11 is 0. The van der Waals surface area contributed by atoms with Crippen LogP contribution in [0.5, 0.6) is 0 Å². The number of hydrogen-bond donors (Lipinski definition) is 0. The molecule has 0 saturated carbocycles. The van der Waals surface area contributed by atoms with Crippen LogP contribution in [0, 0.1) is 0 Å². The van der Waals surface area contributed by atoms with Gasteiger partial charge in [-0.1, -0.05) is 13.1 Å². The third-order valence-corrected chi connectivity index (χ3v) is 4.79. The minimum atomic E-state index is -4.12. The van der Waals surface area contributed by atoms with E-state index in [9.17, 15) is 18.0 Å². The lowest BCUT2D eigenvalue weighted by Crippen LogP contribution is -2.45. The van der Waals surface area contributed by atoms with E-state index in [4.69, 9.17) is 0 Å². The molecule has 0 aromatic rings. The summed E-state index contributed by atoms with van der Waals surface area (Å²) in [7, 11) is -3.25. The minimum Gasteiger partial charge on any atom is -0.466 e. The molecule has 0 N–H and O–H groups in total. The first kappa shape index (κ1) is 12.5. The number of carbonyl (C=O) groups is 1. The Labute approximate surface area is 76.1 Å². The Hall–Kier alpha value is -0.523. The summed E-state index contributed by atoms with van der Waals surface area (Å²) in [6.45, 7) is 3.49. The summed E-state index contributed by atoms with van der Waals surface area (Å²) in [5, 5.41) is 0. The van der Waals surface area contributed by atoms with Crippen LogP contribution in [0.3, 0.4) is 0 Å². The zero-order chi connectivity index (χ0) is 10.7. The van der Waals surface area contributed by atoms with Gasteiger partial charge < -0.3 is 4.74 Å². The molecule has 0 aliphatic carbocycles. The van der Waals surface area contributed by atoms with Crippen molar-refractivity contribution in [2.75, 3.05) is 6.61 Å². The molecule has 0 radical (unpaired) electrons. The van der Waals surface area contributed by atoms with Gasteiger partial charge in [-0.25, -0.2) is 0 Å². The highest BCUT2D eigenvalue weighted by atomic mass is 28.3. The molecule has 0 aliphatic heterocycles. The van der Waals surface area contributed by atoms with Crippen LogP contribution in [0.25, 0.3) is 0 Å². The van der Waals surface area contributed by atoms with Crippen molar-refractivity contribution >= 4 is 14.0 Å². The van der Waals surface area contributed by atoms with Gasteiger partial charge in [0.15, 0.2) is 8.07 Å². The first-order valence-electron chi connectivity index (χ1n) is 3.87. The Bertz CT molecular complexity index is 189. The molecule has 13 heavy (non-hydrogen) atoms. The van der Waals surface area contributed by atoms with Crippen LogP contribution in [0.15, 0.2) is 0 Å². The molecule has 0 saturated heterocycles. The standard InChI is InChI=1S/C7H13F3O2Si/c1-6(11)12-4-5-13(2,3)7(8,9)10/h4-5H2,1-3H3. The summed E-state index contributed by atoms with van der Waals surface area (Å²) in [5.41, 5.74) is 0. The van der Waals surface area contributed by atoms with Gasteiger partial charge in [0.2, 0.25) is 0 Å². The molecule has 0 fully saturated rings. The van der Waals surface area contributed by atoms with Crippen molar-refractivity contribution < 1.29 is 22.7 Å².